The maximum absolute atomic E-state index is 13.2. The molecule has 1 aromatic carbocycles. The van der Waals surface area contributed by atoms with Gasteiger partial charge in [0.25, 0.3) is 5.56 Å². The van der Waals surface area contributed by atoms with E-state index in [0.29, 0.717) is 11.4 Å². The van der Waals surface area contributed by atoms with Crippen molar-refractivity contribution in [3.05, 3.63) is 40.8 Å². The van der Waals surface area contributed by atoms with E-state index in [-0.39, 0.29) is 24.1 Å². The van der Waals surface area contributed by atoms with Gasteiger partial charge in [-0.2, -0.15) is 5.10 Å². The molecule has 4 rings (SSSR count). The second-order valence-corrected chi connectivity index (χ2v) is 7.97. The van der Waals surface area contributed by atoms with Crippen LogP contribution in [0.25, 0.3) is 21.8 Å². The van der Waals surface area contributed by atoms with Crippen LogP contribution in [-0.2, 0) is 17.9 Å². The first-order valence-corrected chi connectivity index (χ1v) is 10.4. The van der Waals surface area contributed by atoms with Crippen molar-refractivity contribution < 1.29 is 4.79 Å². The number of amides is 1. The minimum atomic E-state index is -0.200. The Kier molecular flexibility index (Phi) is 5.20. The van der Waals surface area contributed by atoms with Gasteiger partial charge in [-0.05, 0) is 31.2 Å². The van der Waals surface area contributed by atoms with E-state index in [1.54, 1.807) is 6.20 Å². The van der Waals surface area contributed by atoms with Gasteiger partial charge in [-0.1, -0.05) is 44.9 Å². The Labute approximate surface area is 164 Å². The summed E-state index contributed by atoms with van der Waals surface area (Å²) in [5, 5.41) is 9.31. The average Bonchev–Trinajstić information content (AvgIpc) is 3.01. The van der Waals surface area contributed by atoms with Crippen LogP contribution in [0, 0.1) is 5.92 Å². The molecule has 0 spiro atoms. The molecule has 6 heteroatoms. The predicted molar refractivity (Wildman–Crippen MR) is 111 cm³/mol. The molecule has 1 amide bonds. The molecule has 1 N–H and O–H groups in total. The van der Waals surface area contributed by atoms with Crippen LogP contribution in [-0.4, -0.2) is 26.3 Å². The molecule has 0 radical (unpaired) electrons. The zero-order valence-corrected chi connectivity index (χ0v) is 16.6. The molecule has 28 heavy (non-hydrogen) atoms. The summed E-state index contributed by atoms with van der Waals surface area (Å²) in [6, 6.07) is 8.21. The SMILES string of the molecule is CCCn1c2ccccc2c2cnn(CC(=O)N[C@H]3CCCC[C@@H]3C)c(=O)c21. The highest BCUT2D eigenvalue weighted by atomic mass is 16.2. The molecule has 1 saturated carbocycles. The zero-order chi connectivity index (χ0) is 19.7. The van der Waals surface area contributed by atoms with Crippen molar-refractivity contribution in [3.63, 3.8) is 0 Å². The number of fused-ring (bicyclic) bond motifs is 3. The van der Waals surface area contributed by atoms with Gasteiger partial charge in [0.1, 0.15) is 12.1 Å². The third kappa shape index (κ3) is 3.32. The second kappa shape index (κ2) is 7.78. The number of para-hydroxylation sites is 1. The smallest absolute Gasteiger partial charge is 0.291 e. The van der Waals surface area contributed by atoms with Gasteiger partial charge >= 0.3 is 0 Å². The summed E-state index contributed by atoms with van der Waals surface area (Å²) in [5.74, 6) is 0.350. The Morgan fingerprint density at radius 2 is 2.00 bits per heavy atom. The maximum Gasteiger partial charge on any atom is 0.291 e. The fourth-order valence-electron chi connectivity index (χ4n) is 4.48. The van der Waals surface area contributed by atoms with Gasteiger partial charge in [0, 0.05) is 28.9 Å². The van der Waals surface area contributed by atoms with Gasteiger partial charge in [0.05, 0.1) is 6.20 Å². The first kappa shape index (κ1) is 18.7. The van der Waals surface area contributed by atoms with Crippen LogP contribution in [0.3, 0.4) is 0 Å². The molecule has 2 aromatic heterocycles. The monoisotopic (exact) mass is 380 g/mol. The fraction of sp³-hybridized carbons (Fsp3) is 0.500. The van der Waals surface area contributed by atoms with Crippen LogP contribution < -0.4 is 10.9 Å². The van der Waals surface area contributed by atoms with Gasteiger partial charge in [-0.25, -0.2) is 4.68 Å². The number of benzene rings is 1. The number of nitrogens with zero attached hydrogens (tertiary/aromatic N) is 3. The number of aryl methyl sites for hydroxylation is 1. The van der Waals surface area contributed by atoms with Crippen molar-refractivity contribution in [2.75, 3.05) is 0 Å². The van der Waals surface area contributed by atoms with E-state index in [9.17, 15) is 9.59 Å². The van der Waals surface area contributed by atoms with E-state index < -0.39 is 0 Å². The minimum Gasteiger partial charge on any atom is -0.351 e. The van der Waals surface area contributed by atoms with Crippen LogP contribution in [0.15, 0.2) is 35.3 Å². The van der Waals surface area contributed by atoms with E-state index in [1.165, 1.54) is 11.1 Å². The first-order chi connectivity index (χ1) is 13.6. The van der Waals surface area contributed by atoms with Crippen LogP contribution >= 0.6 is 0 Å². The lowest BCUT2D eigenvalue weighted by Gasteiger charge is -2.29. The number of hydrogen-bond acceptors (Lipinski definition) is 3. The molecule has 0 unspecified atom stereocenters. The van der Waals surface area contributed by atoms with Gasteiger partial charge in [0.15, 0.2) is 0 Å². The van der Waals surface area contributed by atoms with Crippen molar-refractivity contribution in [3.8, 4) is 0 Å². The van der Waals surface area contributed by atoms with E-state index in [1.807, 2.05) is 24.3 Å². The molecule has 0 bridgehead atoms. The first-order valence-electron chi connectivity index (χ1n) is 10.4. The standard InChI is InChI=1S/C22H28N4O2/c1-3-12-25-19-11-7-5-9-16(19)17-13-23-26(22(28)21(17)25)14-20(27)24-18-10-6-4-8-15(18)2/h5,7,9,11,13,15,18H,3-4,6,8,10,12,14H2,1-2H3,(H,24,27)/t15-,18-/m0/s1. The summed E-state index contributed by atoms with van der Waals surface area (Å²) in [5.41, 5.74) is 1.47. The van der Waals surface area contributed by atoms with Gasteiger partial charge in [0.2, 0.25) is 5.91 Å². The summed E-state index contributed by atoms with van der Waals surface area (Å²) in [7, 11) is 0. The molecule has 1 aliphatic carbocycles. The van der Waals surface area contributed by atoms with Gasteiger partial charge < -0.3 is 9.88 Å². The molecule has 2 heterocycles. The van der Waals surface area contributed by atoms with E-state index in [2.05, 4.69) is 28.8 Å². The van der Waals surface area contributed by atoms with Crippen molar-refractivity contribution in [2.24, 2.45) is 5.92 Å². The van der Waals surface area contributed by atoms with Crippen molar-refractivity contribution in [2.45, 2.75) is 65.1 Å². The number of aromatic nitrogens is 3. The van der Waals surface area contributed by atoms with Crippen LogP contribution in [0.1, 0.15) is 46.0 Å². The molecule has 148 valence electrons. The highest BCUT2D eigenvalue weighted by Gasteiger charge is 2.23. The molecule has 0 saturated heterocycles. The Bertz CT molecular complexity index is 1070. The number of nitrogens with one attached hydrogen (secondary N) is 1. The summed E-state index contributed by atoms with van der Waals surface area (Å²) < 4.78 is 3.36. The Hall–Kier alpha value is -2.63. The van der Waals surface area contributed by atoms with Crippen molar-refractivity contribution in [1.82, 2.24) is 19.7 Å². The Morgan fingerprint density at radius 3 is 2.79 bits per heavy atom. The third-order valence-electron chi connectivity index (χ3n) is 5.97. The van der Waals surface area contributed by atoms with Gasteiger partial charge in [-0.3, -0.25) is 9.59 Å². The molecule has 1 aliphatic rings. The normalized spacial score (nSPS) is 19.9. The Morgan fingerprint density at radius 1 is 1.21 bits per heavy atom. The number of carbonyl (C=O) groups is 1. The van der Waals surface area contributed by atoms with E-state index >= 15 is 0 Å². The lowest BCUT2D eigenvalue weighted by molar-refractivity contribution is -0.123. The molecular weight excluding hydrogens is 352 g/mol. The van der Waals surface area contributed by atoms with Crippen molar-refractivity contribution >= 4 is 27.7 Å². The molecular formula is C22H28N4O2. The highest BCUT2D eigenvalue weighted by Crippen LogP contribution is 2.26. The quantitative estimate of drug-likeness (QED) is 0.737. The van der Waals surface area contributed by atoms with Crippen LogP contribution in [0.5, 0.6) is 0 Å². The summed E-state index contributed by atoms with van der Waals surface area (Å²) in [4.78, 5) is 25.8. The zero-order valence-electron chi connectivity index (χ0n) is 16.6. The molecule has 2 atom stereocenters. The molecule has 3 aromatic rings. The largest absolute Gasteiger partial charge is 0.351 e. The molecule has 1 fully saturated rings. The average molecular weight is 380 g/mol. The molecule has 0 aliphatic heterocycles. The minimum absolute atomic E-state index is 0.0361. The van der Waals surface area contributed by atoms with Crippen LogP contribution in [0.4, 0.5) is 0 Å². The Balaban J connectivity index is 1.67. The topological polar surface area (TPSA) is 68.9 Å². The van der Waals surface area contributed by atoms with Crippen LogP contribution in [0.2, 0.25) is 0 Å². The van der Waals surface area contributed by atoms with Gasteiger partial charge in [-0.15, -0.1) is 0 Å². The molecule has 6 nitrogen and oxygen atoms in total. The number of rotatable bonds is 5. The second-order valence-electron chi connectivity index (χ2n) is 7.97. The maximum atomic E-state index is 13.2. The summed E-state index contributed by atoms with van der Waals surface area (Å²) in [6.45, 7) is 5.00. The fourth-order valence-corrected chi connectivity index (χ4v) is 4.48. The number of hydrogen-bond donors (Lipinski definition) is 1. The van der Waals surface area contributed by atoms with E-state index in [4.69, 9.17) is 0 Å². The lowest BCUT2D eigenvalue weighted by Crippen LogP contribution is -2.43. The number of carbonyl (C=O) groups excluding carboxylic acids is 1. The summed E-state index contributed by atoms with van der Waals surface area (Å²) >= 11 is 0. The summed E-state index contributed by atoms with van der Waals surface area (Å²) in [6.07, 6.45) is 7.19. The third-order valence-corrected chi connectivity index (χ3v) is 5.97. The highest BCUT2D eigenvalue weighted by molar-refractivity contribution is 6.07. The lowest BCUT2D eigenvalue weighted by atomic mass is 9.86. The van der Waals surface area contributed by atoms with Crippen molar-refractivity contribution in [1.29, 1.82) is 0 Å². The predicted octanol–water partition coefficient (Wildman–Crippen LogP) is 3.46. The van der Waals surface area contributed by atoms with E-state index in [0.717, 1.165) is 48.5 Å².